The molecule has 7 heteroatoms. The molecule has 0 fully saturated rings. The van der Waals surface area contributed by atoms with E-state index >= 15 is 0 Å². The monoisotopic (exact) mass is 369 g/mol. The van der Waals surface area contributed by atoms with E-state index in [4.69, 9.17) is 4.74 Å². The normalized spacial score (nSPS) is 15.3. The molecular formula is C19H16FN3O2S. The highest BCUT2D eigenvalue weighted by molar-refractivity contribution is 8.16. The van der Waals surface area contributed by atoms with Crippen LogP contribution < -0.4 is 10.1 Å². The summed E-state index contributed by atoms with van der Waals surface area (Å²) in [5, 5.41) is 5.94. The smallest absolute Gasteiger partial charge is 0.262 e. The van der Waals surface area contributed by atoms with Crippen molar-refractivity contribution in [3.8, 4) is 5.75 Å². The Balaban J connectivity index is 1.33. The Morgan fingerprint density at radius 3 is 2.73 bits per heavy atom. The van der Waals surface area contributed by atoms with Crippen molar-refractivity contribution in [2.75, 3.05) is 25.0 Å². The van der Waals surface area contributed by atoms with Gasteiger partial charge in [-0.2, -0.15) is 0 Å². The van der Waals surface area contributed by atoms with Crippen LogP contribution in [0.3, 0.4) is 0 Å². The number of amides is 1. The van der Waals surface area contributed by atoms with Gasteiger partial charge in [-0.3, -0.25) is 9.79 Å². The molecule has 2 aliphatic rings. The zero-order valence-corrected chi connectivity index (χ0v) is 14.6. The first-order valence-corrected chi connectivity index (χ1v) is 9.04. The summed E-state index contributed by atoms with van der Waals surface area (Å²) in [7, 11) is 0. The van der Waals surface area contributed by atoms with Gasteiger partial charge < -0.3 is 15.0 Å². The minimum absolute atomic E-state index is 0.136. The standard InChI is InChI=1S/C19H16FN3O2S/c20-14-3-7-16(8-4-14)25-11-18(24)22-15-5-1-13(2-6-15)17-12-26-19-21-9-10-23(17)19/h1-8,12H,9-11H2,(H,22,24). The number of amidine groups is 1. The van der Waals surface area contributed by atoms with Crippen molar-refractivity contribution in [1.29, 1.82) is 0 Å². The number of aliphatic imine (C=N–C) groups is 1. The number of benzene rings is 2. The van der Waals surface area contributed by atoms with Crippen molar-refractivity contribution in [3.05, 3.63) is 65.3 Å². The molecule has 2 aliphatic heterocycles. The van der Waals surface area contributed by atoms with Crippen LogP contribution in [0.5, 0.6) is 5.75 Å². The zero-order valence-electron chi connectivity index (χ0n) is 13.8. The molecule has 0 saturated carbocycles. The van der Waals surface area contributed by atoms with Crippen LogP contribution in [-0.2, 0) is 4.79 Å². The van der Waals surface area contributed by atoms with Gasteiger partial charge in [0.2, 0.25) is 0 Å². The van der Waals surface area contributed by atoms with Gasteiger partial charge in [0.15, 0.2) is 11.8 Å². The highest BCUT2D eigenvalue weighted by Crippen LogP contribution is 2.35. The summed E-state index contributed by atoms with van der Waals surface area (Å²) in [4.78, 5) is 18.6. The summed E-state index contributed by atoms with van der Waals surface area (Å²) in [5.74, 6) is -0.165. The maximum Gasteiger partial charge on any atom is 0.262 e. The van der Waals surface area contributed by atoms with Gasteiger partial charge in [-0.05, 0) is 42.0 Å². The lowest BCUT2D eigenvalue weighted by molar-refractivity contribution is -0.118. The second-order valence-electron chi connectivity index (χ2n) is 5.80. The average Bonchev–Trinajstić information content (AvgIpc) is 3.26. The lowest BCUT2D eigenvalue weighted by Crippen LogP contribution is -2.21. The van der Waals surface area contributed by atoms with Crippen LogP contribution in [0.2, 0.25) is 0 Å². The molecular weight excluding hydrogens is 353 g/mol. The molecule has 26 heavy (non-hydrogen) atoms. The number of thioether (sulfide) groups is 1. The molecule has 2 aromatic rings. The highest BCUT2D eigenvalue weighted by Gasteiger charge is 2.26. The van der Waals surface area contributed by atoms with Gasteiger partial charge in [-0.1, -0.05) is 23.9 Å². The second-order valence-corrected chi connectivity index (χ2v) is 6.64. The predicted octanol–water partition coefficient (Wildman–Crippen LogP) is 3.56. The Morgan fingerprint density at radius 2 is 1.96 bits per heavy atom. The molecule has 0 saturated heterocycles. The minimum atomic E-state index is -0.343. The van der Waals surface area contributed by atoms with Gasteiger partial charge in [0.1, 0.15) is 11.6 Å². The fraction of sp³-hybridized carbons (Fsp3) is 0.158. The Morgan fingerprint density at radius 1 is 1.19 bits per heavy atom. The Hall–Kier alpha value is -2.80. The Bertz CT molecular complexity index is 879. The number of carbonyl (C=O) groups excluding carboxylic acids is 1. The average molecular weight is 369 g/mol. The van der Waals surface area contributed by atoms with E-state index in [9.17, 15) is 9.18 Å². The van der Waals surface area contributed by atoms with Crippen LogP contribution in [0, 0.1) is 5.82 Å². The van der Waals surface area contributed by atoms with E-state index in [-0.39, 0.29) is 18.3 Å². The number of halogens is 1. The van der Waals surface area contributed by atoms with Crippen LogP contribution in [0.25, 0.3) is 5.70 Å². The molecule has 0 unspecified atom stereocenters. The van der Waals surface area contributed by atoms with E-state index in [0.29, 0.717) is 11.4 Å². The summed E-state index contributed by atoms with van der Waals surface area (Å²) >= 11 is 1.64. The molecule has 1 N–H and O–H groups in total. The molecule has 5 nitrogen and oxygen atoms in total. The zero-order chi connectivity index (χ0) is 17.9. The van der Waals surface area contributed by atoms with E-state index in [2.05, 4.69) is 20.6 Å². The Labute approximate surface area is 154 Å². The van der Waals surface area contributed by atoms with Gasteiger partial charge in [-0.15, -0.1) is 0 Å². The molecule has 132 valence electrons. The van der Waals surface area contributed by atoms with E-state index in [1.807, 2.05) is 24.3 Å². The van der Waals surface area contributed by atoms with Gasteiger partial charge in [0.25, 0.3) is 5.91 Å². The molecule has 0 atom stereocenters. The van der Waals surface area contributed by atoms with E-state index in [1.54, 1.807) is 11.8 Å². The number of nitrogens with zero attached hydrogens (tertiary/aromatic N) is 2. The van der Waals surface area contributed by atoms with Crippen LogP contribution in [0.4, 0.5) is 10.1 Å². The Kier molecular flexibility index (Phi) is 4.62. The number of hydrogen-bond donors (Lipinski definition) is 1. The summed E-state index contributed by atoms with van der Waals surface area (Å²) in [6.45, 7) is 1.61. The van der Waals surface area contributed by atoms with Crippen molar-refractivity contribution in [3.63, 3.8) is 0 Å². The number of ether oxygens (including phenoxy) is 1. The highest BCUT2D eigenvalue weighted by atomic mass is 32.2. The van der Waals surface area contributed by atoms with Crippen LogP contribution in [0.1, 0.15) is 5.56 Å². The van der Waals surface area contributed by atoms with Gasteiger partial charge in [0, 0.05) is 17.6 Å². The summed E-state index contributed by atoms with van der Waals surface area (Å²) in [5.41, 5.74) is 2.93. The number of anilines is 1. The first-order chi connectivity index (χ1) is 12.7. The van der Waals surface area contributed by atoms with Crippen molar-refractivity contribution in [1.82, 2.24) is 4.90 Å². The third-order valence-corrected chi connectivity index (χ3v) is 4.92. The summed E-state index contributed by atoms with van der Waals surface area (Å²) in [6, 6.07) is 13.2. The fourth-order valence-electron chi connectivity index (χ4n) is 2.75. The second kappa shape index (κ2) is 7.21. The molecule has 0 bridgehead atoms. The largest absolute Gasteiger partial charge is 0.484 e. The quantitative estimate of drug-likeness (QED) is 0.876. The van der Waals surface area contributed by atoms with Crippen LogP contribution in [0.15, 0.2) is 58.9 Å². The van der Waals surface area contributed by atoms with E-state index in [1.165, 1.54) is 24.3 Å². The molecule has 0 radical (unpaired) electrons. The minimum Gasteiger partial charge on any atom is -0.484 e. The summed E-state index contributed by atoms with van der Waals surface area (Å²) < 4.78 is 18.2. The van der Waals surface area contributed by atoms with Crippen molar-refractivity contribution in [2.45, 2.75) is 0 Å². The molecule has 0 aliphatic carbocycles. The van der Waals surface area contributed by atoms with Gasteiger partial charge in [-0.25, -0.2) is 4.39 Å². The number of fused-ring (bicyclic) bond motifs is 1. The fourth-order valence-corrected chi connectivity index (χ4v) is 3.71. The number of hydrogen-bond acceptors (Lipinski definition) is 5. The molecule has 0 spiro atoms. The van der Waals surface area contributed by atoms with Crippen LogP contribution in [-0.4, -0.2) is 35.7 Å². The number of nitrogens with one attached hydrogen (secondary N) is 1. The maximum atomic E-state index is 12.8. The molecule has 4 rings (SSSR count). The molecule has 2 aromatic carbocycles. The van der Waals surface area contributed by atoms with E-state index in [0.717, 1.165) is 29.5 Å². The lowest BCUT2D eigenvalue weighted by atomic mass is 10.1. The topological polar surface area (TPSA) is 53.9 Å². The number of rotatable bonds is 5. The van der Waals surface area contributed by atoms with E-state index < -0.39 is 0 Å². The van der Waals surface area contributed by atoms with Crippen molar-refractivity contribution in [2.24, 2.45) is 4.99 Å². The van der Waals surface area contributed by atoms with Crippen molar-refractivity contribution >= 4 is 34.2 Å². The maximum absolute atomic E-state index is 12.8. The van der Waals surface area contributed by atoms with Gasteiger partial charge >= 0.3 is 0 Å². The predicted molar refractivity (Wildman–Crippen MR) is 102 cm³/mol. The molecule has 0 aromatic heterocycles. The molecule has 2 heterocycles. The first-order valence-electron chi connectivity index (χ1n) is 8.16. The van der Waals surface area contributed by atoms with Crippen LogP contribution >= 0.6 is 11.8 Å². The lowest BCUT2D eigenvalue weighted by Gasteiger charge is -2.17. The third-order valence-electron chi connectivity index (χ3n) is 4.02. The SMILES string of the molecule is O=C(COc1ccc(F)cc1)Nc1ccc(C2=CSC3=NCCN23)cc1. The summed E-state index contributed by atoms with van der Waals surface area (Å²) in [6.07, 6.45) is 0. The molecule has 1 amide bonds. The number of carbonyl (C=O) groups is 1. The first kappa shape index (κ1) is 16.7. The third kappa shape index (κ3) is 3.57. The van der Waals surface area contributed by atoms with Gasteiger partial charge in [0.05, 0.1) is 12.2 Å². The van der Waals surface area contributed by atoms with Crippen molar-refractivity contribution < 1.29 is 13.9 Å².